The van der Waals surface area contributed by atoms with Gasteiger partial charge in [0, 0.05) is 24.5 Å². The second kappa shape index (κ2) is 9.04. The predicted octanol–water partition coefficient (Wildman–Crippen LogP) is 4.51. The Labute approximate surface area is 158 Å². The topological polar surface area (TPSA) is 55.4 Å². The van der Waals surface area contributed by atoms with E-state index < -0.39 is 11.6 Å². The van der Waals surface area contributed by atoms with Gasteiger partial charge in [-0.3, -0.25) is 19.9 Å². The molecule has 4 nitrogen and oxygen atoms in total. The van der Waals surface area contributed by atoms with E-state index in [9.17, 15) is 18.4 Å². The number of hydrogen-bond donors (Lipinski definition) is 1. The average molecular weight is 377 g/mol. The van der Waals surface area contributed by atoms with Crippen LogP contribution in [0.25, 0.3) is 6.08 Å². The Morgan fingerprint density at radius 3 is 2.48 bits per heavy atom. The van der Waals surface area contributed by atoms with Crippen LogP contribution in [-0.2, 0) is 14.4 Å². The fourth-order valence-electron chi connectivity index (χ4n) is 3.07. The lowest BCUT2D eigenvalue weighted by molar-refractivity contribution is -0.127. The fraction of sp³-hybridized carbons (Fsp3) is 0.429. The first kappa shape index (κ1) is 21.0. The molecule has 1 fully saturated rings. The van der Waals surface area contributed by atoms with Crippen LogP contribution in [0.5, 0.6) is 0 Å². The monoisotopic (exact) mass is 377 g/mol. The molecule has 1 aromatic rings. The van der Waals surface area contributed by atoms with Gasteiger partial charge in [0.1, 0.15) is 11.6 Å². The average Bonchev–Trinajstić information content (AvgIpc) is 2.54. The van der Waals surface area contributed by atoms with Gasteiger partial charge in [0.05, 0.1) is 17.9 Å². The van der Waals surface area contributed by atoms with Crippen molar-refractivity contribution in [2.24, 2.45) is 5.41 Å². The van der Waals surface area contributed by atoms with E-state index in [0.717, 1.165) is 12.5 Å². The molecule has 0 spiro atoms. The number of rotatable bonds is 7. The van der Waals surface area contributed by atoms with Crippen molar-refractivity contribution < 1.29 is 23.2 Å². The molecule has 1 aliphatic rings. The van der Waals surface area contributed by atoms with Crippen molar-refractivity contribution in [3.05, 3.63) is 52.7 Å². The smallest absolute Gasteiger partial charge is 0.168 e. The van der Waals surface area contributed by atoms with E-state index >= 15 is 0 Å². The Morgan fingerprint density at radius 2 is 1.89 bits per heavy atom. The van der Waals surface area contributed by atoms with Crippen molar-refractivity contribution in [3.8, 4) is 0 Å². The first-order chi connectivity index (χ1) is 12.7. The lowest BCUT2D eigenvalue weighted by atomic mass is 9.73. The molecule has 0 saturated heterocycles. The molecule has 1 aliphatic carbocycles. The van der Waals surface area contributed by atoms with Gasteiger partial charge in [0.2, 0.25) is 0 Å². The van der Waals surface area contributed by atoms with Crippen molar-refractivity contribution in [3.63, 3.8) is 0 Å². The number of Topliss-reactive ketones (excluding diaryl/α,β-unsaturated/α-hetero) is 2. The number of hydrogen-bond acceptors (Lipinski definition) is 4. The summed E-state index contributed by atoms with van der Waals surface area (Å²) in [6.45, 7) is 5.84. The summed E-state index contributed by atoms with van der Waals surface area (Å²) >= 11 is 0. The summed E-state index contributed by atoms with van der Waals surface area (Å²) in [5.74, 6) is -1.63. The molecule has 1 saturated carbocycles. The number of hydroxylamine groups is 1. The van der Waals surface area contributed by atoms with Crippen LogP contribution in [0.4, 0.5) is 8.78 Å². The Bertz CT molecular complexity index is 760. The molecule has 1 N–H and O–H groups in total. The van der Waals surface area contributed by atoms with Gasteiger partial charge in [-0.05, 0) is 24.0 Å². The van der Waals surface area contributed by atoms with Crippen molar-refractivity contribution in [2.75, 3.05) is 6.61 Å². The quantitative estimate of drug-likeness (QED) is 0.329. The third kappa shape index (κ3) is 5.82. The zero-order valence-corrected chi connectivity index (χ0v) is 15.9. The maximum Gasteiger partial charge on any atom is 0.168 e. The summed E-state index contributed by atoms with van der Waals surface area (Å²) in [4.78, 5) is 30.2. The molecule has 0 radical (unpaired) electrons. The first-order valence-electron chi connectivity index (χ1n) is 9.02. The highest BCUT2D eigenvalue weighted by atomic mass is 19.1. The summed E-state index contributed by atoms with van der Waals surface area (Å²) in [6.07, 6.45) is 4.95. The van der Waals surface area contributed by atoms with Crippen LogP contribution in [0.2, 0.25) is 0 Å². The van der Waals surface area contributed by atoms with E-state index in [1.54, 1.807) is 6.08 Å². The maximum absolute atomic E-state index is 13.5. The SMILES string of the molecule is CCCC(NOC/C=C/c1ccc(F)cc1F)=C1C(=O)CC(C)(C)CC1=O. The zero-order valence-electron chi connectivity index (χ0n) is 15.9. The van der Waals surface area contributed by atoms with E-state index in [1.165, 1.54) is 18.2 Å². The van der Waals surface area contributed by atoms with Crippen molar-refractivity contribution >= 4 is 17.6 Å². The minimum Gasteiger partial charge on any atom is -0.294 e. The molecule has 0 aromatic heterocycles. The molecule has 0 aliphatic heterocycles. The van der Waals surface area contributed by atoms with Gasteiger partial charge >= 0.3 is 0 Å². The van der Waals surface area contributed by atoms with E-state index in [4.69, 9.17) is 4.84 Å². The van der Waals surface area contributed by atoms with Crippen molar-refractivity contribution in [2.45, 2.75) is 46.5 Å². The van der Waals surface area contributed by atoms with Crippen LogP contribution in [-0.4, -0.2) is 18.2 Å². The molecule has 6 heteroatoms. The predicted molar refractivity (Wildman–Crippen MR) is 99.4 cm³/mol. The van der Waals surface area contributed by atoms with E-state index in [-0.39, 0.29) is 34.7 Å². The Hall–Kier alpha value is -2.34. The van der Waals surface area contributed by atoms with Gasteiger partial charge in [0.25, 0.3) is 0 Å². The van der Waals surface area contributed by atoms with Gasteiger partial charge in [0.15, 0.2) is 11.6 Å². The Balaban J connectivity index is 2.01. The summed E-state index contributed by atoms with van der Waals surface area (Å²) in [5, 5.41) is 0. The number of carbonyl (C=O) groups excluding carboxylic acids is 2. The molecule has 146 valence electrons. The summed E-state index contributed by atoms with van der Waals surface area (Å²) in [6, 6.07) is 3.32. The summed E-state index contributed by atoms with van der Waals surface area (Å²) < 4.78 is 26.4. The van der Waals surface area contributed by atoms with Crippen molar-refractivity contribution in [1.29, 1.82) is 0 Å². The molecular weight excluding hydrogens is 352 g/mol. The molecule has 2 rings (SSSR count). The number of halogens is 2. The third-order valence-electron chi connectivity index (χ3n) is 4.27. The number of allylic oxidation sites excluding steroid dienone is 2. The largest absolute Gasteiger partial charge is 0.294 e. The zero-order chi connectivity index (χ0) is 20.0. The van der Waals surface area contributed by atoms with E-state index in [0.29, 0.717) is 25.0 Å². The van der Waals surface area contributed by atoms with Crippen LogP contribution in [0.15, 0.2) is 35.5 Å². The Morgan fingerprint density at radius 1 is 1.22 bits per heavy atom. The molecule has 0 amide bonds. The fourth-order valence-corrected chi connectivity index (χ4v) is 3.07. The van der Waals surface area contributed by atoms with Gasteiger partial charge in [-0.2, -0.15) is 0 Å². The normalized spacial score (nSPS) is 16.9. The molecule has 0 heterocycles. The van der Waals surface area contributed by atoms with Crippen LogP contribution < -0.4 is 5.48 Å². The number of benzene rings is 1. The lowest BCUT2D eigenvalue weighted by Gasteiger charge is -2.29. The Kier molecular flexibility index (Phi) is 7.02. The van der Waals surface area contributed by atoms with Gasteiger partial charge < -0.3 is 0 Å². The maximum atomic E-state index is 13.5. The highest BCUT2D eigenvalue weighted by Crippen LogP contribution is 2.34. The summed E-state index contributed by atoms with van der Waals surface area (Å²) in [7, 11) is 0. The molecule has 0 unspecified atom stereocenters. The van der Waals surface area contributed by atoms with Crippen LogP contribution >= 0.6 is 0 Å². The van der Waals surface area contributed by atoms with Gasteiger partial charge in [-0.25, -0.2) is 8.78 Å². The molecular formula is C21H25F2NO3. The lowest BCUT2D eigenvalue weighted by Crippen LogP contribution is -2.34. The van der Waals surface area contributed by atoms with E-state index in [2.05, 4.69) is 5.48 Å². The highest BCUT2D eigenvalue weighted by molar-refractivity contribution is 6.22. The number of nitrogens with one attached hydrogen (secondary N) is 1. The van der Waals surface area contributed by atoms with Crippen LogP contribution in [0, 0.1) is 17.0 Å². The molecule has 1 aromatic carbocycles. The second-order valence-corrected chi connectivity index (χ2v) is 7.45. The first-order valence-corrected chi connectivity index (χ1v) is 9.02. The highest BCUT2D eigenvalue weighted by Gasteiger charge is 2.37. The summed E-state index contributed by atoms with van der Waals surface area (Å²) in [5.41, 5.74) is 3.33. The molecule has 0 bridgehead atoms. The molecule has 27 heavy (non-hydrogen) atoms. The van der Waals surface area contributed by atoms with Gasteiger partial charge in [-0.1, -0.05) is 39.3 Å². The number of carbonyl (C=O) groups is 2. The minimum absolute atomic E-state index is 0.0885. The molecule has 0 atom stereocenters. The van der Waals surface area contributed by atoms with Crippen molar-refractivity contribution in [1.82, 2.24) is 5.48 Å². The van der Waals surface area contributed by atoms with Crippen LogP contribution in [0.3, 0.4) is 0 Å². The van der Waals surface area contributed by atoms with Crippen LogP contribution in [0.1, 0.15) is 52.0 Å². The standard InChI is InChI=1S/C21H25F2NO3/c1-4-6-17(20-18(25)12-21(2,3)13-19(20)26)24-27-10-5-7-14-8-9-15(22)11-16(14)23/h5,7-9,11,24H,4,6,10,12-13H2,1-3H3/b7-5+. The third-order valence-corrected chi connectivity index (χ3v) is 4.27. The minimum atomic E-state index is -0.658. The number of ketones is 2. The second-order valence-electron chi connectivity index (χ2n) is 7.45. The van der Waals surface area contributed by atoms with E-state index in [1.807, 2.05) is 20.8 Å². The van der Waals surface area contributed by atoms with Gasteiger partial charge in [-0.15, -0.1) is 0 Å².